The summed E-state index contributed by atoms with van der Waals surface area (Å²) in [5.74, 6) is -0.299. The lowest BCUT2D eigenvalue weighted by Crippen LogP contribution is -2.45. The number of halogens is 2. The first-order valence-corrected chi connectivity index (χ1v) is 12.7. The average molecular weight is 502 g/mol. The second-order valence-electron chi connectivity index (χ2n) is 8.85. The van der Waals surface area contributed by atoms with E-state index in [1.165, 1.54) is 7.11 Å². The third-order valence-electron chi connectivity index (χ3n) is 6.82. The zero-order chi connectivity index (χ0) is 24.8. The van der Waals surface area contributed by atoms with Crippen molar-refractivity contribution in [2.24, 2.45) is 5.41 Å². The van der Waals surface area contributed by atoms with Crippen LogP contribution in [0.15, 0.2) is 53.8 Å². The summed E-state index contributed by atoms with van der Waals surface area (Å²) in [6.45, 7) is 2.10. The summed E-state index contributed by atoms with van der Waals surface area (Å²) >= 11 is 1.67. The first-order valence-electron chi connectivity index (χ1n) is 11.7. The van der Waals surface area contributed by atoms with E-state index < -0.39 is 23.4 Å². The number of ether oxygens (including phenoxy) is 1. The highest BCUT2D eigenvalue weighted by atomic mass is 32.2. The predicted molar refractivity (Wildman–Crippen MR) is 132 cm³/mol. The van der Waals surface area contributed by atoms with Crippen LogP contribution in [0, 0.1) is 11.2 Å². The molecule has 0 amide bonds. The third-order valence-corrected chi connectivity index (χ3v) is 7.74. The van der Waals surface area contributed by atoms with Crippen LogP contribution in [0.1, 0.15) is 37.4 Å². The van der Waals surface area contributed by atoms with E-state index in [4.69, 9.17) is 4.74 Å². The van der Waals surface area contributed by atoms with Crippen molar-refractivity contribution in [3.63, 3.8) is 0 Å². The lowest BCUT2D eigenvalue weighted by Gasteiger charge is -2.39. The molecule has 0 aliphatic carbocycles. The number of alkyl halides is 1. The number of hydrogen-bond acceptors (Lipinski definition) is 6. The topological polar surface area (TPSA) is 75.6 Å². The number of rotatable bonds is 10. The van der Waals surface area contributed by atoms with Crippen molar-refractivity contribution < 1.29 is 23.4 Å². The summed E-state index contributed by atoms with van der Waals surface area (Å²) in [5.41, 5.74) is -0.625. The van der Waals surface area contributed by atoms with Crippen LogP contribution in [-0.2, 0) is 4.79 Å². The molecule has 0 spiro atoms. The molecule has 6 nitrogen and oxygen atoms in total. The summed E-state index contributed by atoms with van der Waals surface area (Å²) in [6.07, 6.45) is 2.09. The minimum absolute atomic E-state index is 0.0743. The number of carbonyl (C=O) groups is 1. The number of carboxylic acid groups (broad SMARTS) is 1. The number of hydrogen-bond donors (Lipinski definition) is 1. The van der Waals surface area contributed by atoms with E-state index in [2.05, 4.69) is 14.9 Å². The Hall–Kier alpha value is -2.78. The molecular weight excluding hydrogens is 472 g/mol. The van der Waals surface area contributed by atoms with Gasteiger partial charge in [-0.2, -0.15) is 0 Å². The Morgan fingerprint density at radius 3 is 2.74 bits per heavy atom. The van der Waals surface area contributed by atoms with Crippen LogP contribution in [0.4, 0.5) is 8.78 Å². The van der Waals surface area contributed by atoms with E-state index in [0.29, 0.717) is 42.6 Å². The molecule has 1 atom stereocenters. The standard InChI is InChI=1S/C26H29F2N3O3S/c1-34-18-5-6-22-19(16-18)24(21(28)17-30-22)20(27)7-8-26(25(32)33)9-12-31(13-10-26)14-15-35-23-4-2-3-11-29-23/h2-6,11,16-17,20H,7-10,12-15H2,1H3,(H,32,33)/t20-/m0/s1. The van der Waals surface area contributed by atoms with E-state index in [9.17, 15) is 14.3 Å². The molecule has 0 unspecified atom stereocenters. The zero-order valence-corrected chi connectivity index (χ0v) is 20.4. The van der Waals surface area contributed by atoms with Gasteiger partial charge < -0.3 is 14.7 Å². The van der Waals surface area contributed by atoms with Gasteiger partial charge in [-0.05, 0) is 69.1 Å². The van der Waals surface area contributed by atoms with Gasteiger partial charge in [-0.1, -0.05) is 6.07 Å². The Balaban J connectivity index is 1.38. The fraction of sp³-hybridized carbons (Fsp3) is 0.423. The van der Waals surface area contributed by atoms with Gasteiger partial charge in [0.15, 0.2) is 0 Å². The average Bonchev–Trinajstić information content (AvgIpc) is 2.88. The van der Waals surface area contributed by atoms with Crippen LogP contribution in [0.3, 0.4) is 0 Å². The highest BCUT2D eigenvalue weighted by Crippen LogP contribution is 2.41. The maximum absolute atomic E-state index is 15.4. The Bertz CT molecular complexity index is 1160. The van der Waals surface area contributed by atoms with Gasteiger partial charge in [0.2, 0.25) is 0 Å². The SMILES string of the molecule is COc1ccc2ncc(F)c([C@@H](F)CCC3(C(=O)O)CCN(CCSc4ccccn4)CC3)c2c1. The van der Waals surface area contributed by atoms with Crippen molar-refractivity contribution in [2.75, 3.05) is 32.5 Å². The molecule has 1 fully saturated rings. The molecule has 0 radical (unpaired) electrons. The van der Waals surface area contributed by atoms with Gasteiger partial charge in [0.05, 0.1) is 29.3 Å². The zero-order valence-electron chi connectivity index (χ0n) is 19.6. The number of benzene rings is 1. The lowest BCUT2D eigenvalue weighted by molar-refractivity contribution is -0.153. The number of pyridine rings is 2. The Morgan fingerprint density at radius 1 is 1.26 bits per heavy atom. The lowest BCUT2D eigenvalue weighted by atomic mass is 9.74. The fourth-order valence-electron chi connectivity index (χ4n) is 4.65. The molecule has 3 aromatic rings. The molecule has 3 heterocycles. The molecule has 1 N–H and O–H groups in total. The van der Waals surface area contributed by atoms with Gasteiger partial charge in [0, 0.05) is 29.4 Å². The number of aromatic nitrogens is 2. The number of carboxylic acids is 1. The highest BCUT2D eigenvalue weighted by molar-refractivity contribution is 7.99. The summed E-state index contributed by atoms with van der Waals surface area (Å²) in [4.78, 5) is 22.8. The van der Waals surface area contributed by atoms with Gasteiger partial charge in [-0.25, -0.2) is 13.8 Å². The van der Waals surface area contributed by atoms with Crippen molar-refractivity contribution in [2.45, 2.75) is 36.9 Å². The fourth-order valence-corrected chi connectivity index (χ4v) is 5.52. The normalized spacial score (nSPS) is 16.8. The first kappa shape index (κ1) is 25.3. The van der Waals surface area contributed by atoms with Crippen molar-refractivity contribution in [1.29, 1.82) is 0 Å². The minimum Gasteiger partial charge on any atom is -0.497 e. The number of fused-ring (bicyclic) bond motifs is 1. The quantitative estimate of drug-likeness (QED) is 0.366. The molecule has 35 heavy (non-hydrogen) atoms. The number of thioether (sulfide) groups is 1. The maximum Gasteiger partial charge on any atom is 0.309 e. The van der Waals surface area contributed by atoms with Crippen molar-refractivity contribution >= 4 is 28.6 Å². The van der Waals surface area contributed by atoms with E-state index in [1.54, 1.807) is 36.2 Å². The summed E-state index contributed by atoms with van der Waals surface area (Å²) < 4.78 is 35.3. The van der Waals surface area contributed by atoms with Crippen molar-refractivity contribution in [1.82, 2.24) is 14.9 Å². The van der Waals surface area contributed by atoms with Crippen LogP contribution in [0.25, 0.3) is 10.9 Å². The number of likely N-dealkylation sites (tertiary alicyclic amines) is 1. The number of aliphatic carboxylic acids is 1. The molecule has 1 saturated heterocycles. The monoisotopic (exact) mass is 501 g/mol. The molecule has 0 saturated carbocycles. The maximum atomic E-state index is 15.4. The molecule has 186 valence electrons. The molecule has 0 bridgehead atoms. The van der Waals surface area contributed by atoms with Gasteiger partial charge in [-0.15, -0.1) is 11.8 Å². The van der Waals surface area contributed by atoms with Crippen LogP contribution in [0.2, 0.25) is 0 Å². The molecule has 1 aliphatic heterocycles. The molecule has 1 aliphatic rings. The van der Waals surface area contributed by atoms with Gasteiger partial charge in [0.25, 0.3) is 0 Å². The summed E-state index contributed by atoms with van der Waals surface area (Å²) in [6, 6.07) is 10.7. The summed E-state index contributed by atoms with van der Waals surface area (Å²) in [7, 11) is 1.49. The second kappa shape index (κ2) is 11.3. The Kier molecular flexibility index (Phi) is 8.18. The second-order valence-corrected chi connectivity index (χ2v) is 9.97. The molecule has 9 heteroatoms. The largest absolute Gasteiger partial charge is 0.497 e. The molecule has 2 aromatic heterocycles. The van der Waals surface area contributed by atoms with E-state index in [-0.39, 0.29) is 18.4 Å². The van der Waals surface area contributed by atoms with Gasteiger partial charge in [0.1, 0.15) is 17.7 Å². The smallest absolute Gasteiger partial charge is 0.309 e. The molecule has 1 aromatic carbocycles. The van der Waals surface area contributed by atoms with Gasteiger partial charge >= 0.3 is 5.97 Å². The van der Waals surface area contributed by atoms with E-state index in [1.807, 2.05) is 18.2 Å². The van der Waals surface area contributed by atoms with Crippen LogP contribution in [0.5, 0.6) is 5.75 Å². The Labute approximate surface area is 207 Å². The highest BCUT2D eigenvalue weighted by Gasteiger charge is 2.41. The van der Waals surface area contributed by atoms with Crippen molar-refractivity contribution in [3.05, 3.63) is 60.2 Å². The molecular formula is C26H29F2N3O3S. The van der Waals surface area contributed by atoms with Crippen LogP contribution >= 0.6 is 11.8 Å². The van der Waals surface area contributed by atoms with Crippen molar-refractivity contribution in [3.8, 4) is 5.75 Å². The number of nitrogens with zero attached hydrogens (tertiary/aromatic N) is 3. The van der Waals surface area contributed by atoms with E-state index >= 15 is 4.39 Å². The summed E-state index contributed by atoms with van der Waals surface area (Å²) in [5, 5.41) is 11.3. The molecule has 4 rings (SSSR count). The Morgan fingerprint density at radius 2 is 2.06 bits per heavy atom. The van der Waals surface area contributed by atoms with Gasteiger partial charge in [-0.3, -0.25) is 9.78 Å². The van der Waals surface area contributed by atoms with Crippen LogP contribution in [-0.4, -0.2) is 58.4 Å². The minimum atomic E-state index is -1.64. The van der Waals surface area contributed by atoms with Crippen LogP contribution < -0.4 is 4.74 Å². The predicted octanol–water partition coefficient (Wildman–Crippen LogP) is 5.53. The third kappa shape index (κ3) is 5.90. The number of methoxy groups -OCH3 is 1. The first-order chi connectivity index (χ1) is 16.9. The number of piperidine rings is 1. The van der Waals surface area contributed by atoms with E-state index in [0.717, 1.165) is 23.5 Å².